The molecule has 11 aromatic rings. The summed E-state index contributed by atoms with van der Waals surface area (Å²) in [4.78, 5) is 13.4. The fourth-order valence-corrected chi connectivity index (χ4v) is 11.5. The molecule has 0 radical (unpaired) electrons. The lowest BCUT2D eigenvalue weighted by atomic mass is 9.66. The van der Waals surface area contributed by atoms with Crippen molar-refractivity contribution in [3.05, 3.63) is 235 Å². The summed E-state index contributed by atoms with van der Waals surface area (Å²) in [6.07, 6.45) is 0. The number of para-hydroxylation sites is 3. The van der Waals surface area contributed by atoms with Crippen LogP contribution in [0.1, 0.15) is 22.3 Å². The highest BCUT2D eigenvalue weighted by molar-refractivity contribution is 7.99. The van der Waals surface area contributed by atoms with Crippen LogP contribution in [0.25, 0.3) is 83.3 Å². The Morgan fingerprint density at radius 3 is 1.79 bits per heavy atom. The molecule has 4 heteroatoms. The minimum Gasteiger partial charge on any atom is -0.309 e. The standard InChI is InChI=1S/C57H35N3S/c1-2-15-39(16-3-1)60-50-26-11-6-18-41(50)45-35-38(33-34-51(45)60)36-29-31-37(32-30-36)56-58-49-25-10-5-19-43(49)55(59-56)44-21-14-20-42-40-17-4-7-22-46(40)57(54(42)44)47-23-8-12-27-52(47)61-53-28-13-9-24-48(53)57/h1-35H. The van der Waals surface area contributed by atoms with Gasteiger partial charge in [-0.1, -0.05) is 176 Å². The number of aromatic nitrogens is 3. The number of fused-ring (bicyclic) bond motifs is 13. The SMILES string of the molecule is c1ccc(-n2c3ccccc3c3cc(-c4ccc(-c5nc(-c6cccc7c6C6(c8ccccc8Sc8ccccc86)c6ccccc6-7)c6ccccc6n5)cc4)ccc32)cc1. The van der Waals surface area contributed by atoms with E-state index < -0.39 is 5.41 Å². The molecule has 0 saturated heterocycles. The van der Waals surface area contributed by atoms with Crippen LogP contribution in [0.4, 0.5) is 0 Å². The van der Waals surface area contributed by atoms with Gasteiger partial charge in [0.15, 0.2) is 5.82 Å². The fourth-order valence-electron chi connectivity index (χ4n) is 10.3. The maximum absolute atomic E-state index is 5.56. The largest absolute Gasteiger partial charge is 0.309 e. The predicted octanol–water partition coefficient (Wildman–Crippen LogP) is 14.6. The van der Waals surface area contributed by atoms with Gasteiger partial charge >= 0.3 is 0 Å². The van der Waals surface area contributed by atoms with Gasteiger partial charge in [0.2, 0.25) is 0 Å². The Morgan fingerprint density at radius 1 is 0.393 bits per heavy atom. The lowest BCUT2D eigenvalue weighted by molar-refractivity contribution is 0.723. The van der Waals surface area contributed by atoms with E-state index >= 15 is 0 Å². The second-order valence-electron chi connectivity index (χ2n) is 16.0. The van der Waals surface area contributed by atoms with Crippen LogP contribution < -0.4 is 0 Å². The summed E-state index contributed by atoms with van der Waals surface area (Å²) in [6, 6.07) is 77.2. The molecule has 0 atom stereocenters. The summed E-state index contributed by atoms with van der Waals surface area (Å²) in [5.41, 5.74) is 17.1. The van der Waals surface area contributed by atoms with Crippen molar-refractivity contribution in [3.63, 3.8) is 0 Å². The van der Waals surface area contributed by atoms with Crippen LogP contribution in [0.2, 0.25) is 0 Å². The number of hydrogen-bond donors (Lipinski definition) is 0. The van der Waals surface area contributed by atoms with Crippen molar-refractivity contribution in [3.8, 4) is 50.6 Å². The molecule has 1 aliphatic heterocycles. The molecule has 9 aromatic carbocycles. The lowest BCUT2D eigenvalue weighted by Gasteiger charge is -2.40. The van der Waals surface area contributed by atoms with Crippen LogP contribution in [-0.2, 0) is 5.41 Å². The second-order valence-corrected chi connectivity index (χ2v) is 17.1. The van der Waals surface area contributed by atoms with E-state index in [0.717, 1.165) is 39.0 Å². The first kappa shape index (κ1) is 34.3. The van der Waals surface area contributed by atoms with Crippen LogP contribution in [-0.4, -0.2) is 14.5 Å². The van der Waals surface area contributed by atoms with E-state index in [1.165, 1.54) is 70.5 Å². The molecule has 0 N–H and O–H groups in total. The lowest BCUT2D eigenvalue weighted by Crippen LogP contribution is -2.32. The fraction of sp³-hybridized carbons (Fsp3) is 0.0175. The minimum atomic E-state index is -0.524. The zero-order valence-electron chi connectivity index (χ0n) is 33.0. The maximum atomic E-state index is 5.56. The van der Waals surface area contributed by atoms with Gasteiger partial charge in [-0.15, -0.1) is 0 Å². The second kappa shape index (κ2) is 13.2. The summed E-state index contributed by atoms with van der Waals surface area (Å²) in [7, 11) is 0. The van der Waals surface area contributed by atoms with E-state index in [0.29, 0.717) is 5.82 Å². The Bertz CT molecular complexity index is 3520. The molecule has 2 aliphatic rings. The molecule has 3 nitrogen and oxygen atoms in total. The van der Waals surface area contributed by atoms with Gasteiger partial charge < -0.3 is 4.57 Å². The van der Waals surface area contributed by atoms with E-state index in [1.54, 1.807) is 0 Å². The third-order valence-electron chi connectivity index (χ3n) is 12.9. The molecule has 0 saturated carbocycles. The number of hydrogen-bond acceptors (Lipinski definition) is 3. The van der Waals surface area contributed by atoms with Gasteiger partial charge in [-0.2, -0.15) is 0 Å². The smallest absolute Gasteiger partial charge is 0.160 e. The number of rotatable bonds is 4. The number of benzene rings is 9. The molecule has 0 unspecified atom stereocenters. The van der Waals surface area contributed by atoms with Crippen LogP contribution >= 0.6 is 11.8 Å². The minimum absolute atomic E-state index is 0.524. The monoisotopic (exact) mass is 793 g/mol. The average Bonchev–Trinajstić information content (AvgIpc) is 3.82. The molecule has 3 heterocycles. The molecule has 13 rings (SSSR count). The highest BCUT2D eigenvalue weighted by Gasteiger charge is 2.51. The first-order valence-corrected chi connectivity index (χ1v) is 21.6. The summed E-state index contributed by atoms with van der Waals surface area (Å²) in [5.74, 6) is 0.712. The Labute approximate surface area is 357 Å². The van der Waals surface area contributed by atoms with Gasteiger partial charge in [0, 0.05) is 42.8 Å². The molecule has 284 valence electrons. The van der Waals surface area contributed by atoms with Crippen molar-refractivity contribution < 1.29 is 0 Å². The summed E-state index contributed by atoms with van der Waals surface area (Å²) < 4.78 is 2.36. The van der Waals surface area contributed by atoms with Crippen molar-refractivity contribution in [1.82, 2.24) is 14.5 Å². The maximum Gasteiger partial charge on any atom is 0.160 e. The molecule has 0 bridgehead atoms. The Hall–Kier alpha value is -7.53. The molecule has 1 spiro atoms. The number of nitrogens with zero attached hydrogens (tertiary/aromatic N) is 3. The summed E-state index contributed by atoms with van der Waals surface area (Å²) in [5, 5.41) is 3.52. The van der Waals surface area contributed by atoms with E-state index in [4.69, 9.17) is 9.97 Å². The zero-order valence-corrected chi connectivity index (χ0v) is 33.8. The van der Waals surface area contributed by atoms with E-state index in [9.17, 15) is 0 Å². The summed E-state index contributed by atoms with van der Waals surface area (Å²) in [6.45, 7) is 0. The summed E-state index contributed by atoms with van der Waals surface area (Å²) >= 11 is 1.87. The van der Waals surface area contributed by atoms with E-state index in [2.05, 4.69) is 217 Å². The van der Waals surface area contributed by atoms with E-state index in [1.807, 2.05) is 11.8 Å². The molecule has 61 heavy (non-hydrogen) atoms. The van der Waals surface area contributed by atoms with Crippen molar-refractivity contribution in [2.24, 2.45) is 0 Å². The molecule has 1 aliphatic carbocycles. The van der Waals surface area contributed by atoms with Crippen LogP contribution in [0.15, 0.2) is 222 Å². The van der Waals surface area contributed by atoms with Gasteiger partial charge in [0.25, 0.3) is 0 Å². The Morgan fingerprint density at radius 2 is 0.984 bits per heavy atom. The topological polar surface area (TPSA) is 30.7 Å². The molecular weight excluding hydrogens is 759 g/mol. The quantitative estimate of drug-likeness (QED) is 0.178. The molecule has 2 aromatic heterocycles. The van der Waals surface area contributed by atoms with Crippen LogP contribution in [0.3, 0.4) is 0 Å². The first-order valence-electron chi connectivity index (χ1n) is 20.8. The highest BCUT2D eigenvalue weighted by Crippen LogP contribution is 2.64. The van der Waals surface area contributed by atoms with Crippen molar-refractivity contribution in [2.75, 3.05) is 0 Å². The van der Waals surface area contributed by atoms with Crippen molar-refractivity contribution in [1.29, 1.82) is 0 Å². The van der Waals surface area contributed by atoms with Crippen molar-refractivity contribution in [2.45, 2.75) is 15.2 Å². The van der Waals surface area contributed by atoms with Crippen LogP contribution in [0, 0.1) is 0 Å². The molecule has 0 amide bonds. The highest BCUT2D eigenvalue weighted by atomic mass is 32.2. The van der Waals surface area contributed by atoms with Gasteiger partial charge in [0.1, 0.15) is 0 Å². The zero-order chi connectivity index (χ0) is 40.1. The van der Waals surface area contributed by atoms with Gasteiger partial charge in [-0.25, -0.2) is 9.97 Å². The van der Waals surface area contributed by atoms with Gasteiger partial charge in [-0.05, 0) is 93.0 Å². The molecular formula is C57H35N3S. The Kier molecular flexibility index (Phi) is 7.45. The predicted molar refractivity (Wildman–Crippen MR) is 252 cm³/mol. The van der Waals surface area contributed by atoms with Gasteiger partial charge in [0.05, 0.1) is 27.7 Å². The van der Waals surface area contributed by atoms with E-state index in [-0.39, 0.29) is 0 Å². The average molecular weight is 794 g/mol. The normalized spacial score (nSPS) is 13.3. The Balaban J connectivity index is 0.981. The first-order chi connectivity index (χ1) is 30.3. The molecule has 0 fully saturated rings. The van der Waals surface area contributed by atoms with Crippen LogP contribution in [0.5, 0.6) is 0 Å². The third-order valence-corrected chi connectivity index (χ3v) is 14.0. The van der Waals surface area contributed by atoms with Gasteiger partial charge in [-0.3, -0.25) is 0 Å². The van der Waals surface area contributed by atoms with Crippen molar-refractivity contribution >= 4 is 44.5 Å². The third kappa shape index (κ3) is 4.94.